The minimum absolute atomic E-state index is 0.0592. The molecule has 0 radical (unpaired) electrons. The standard InChI is InChI=1S/C17H15NO5S/c1-24-13-5-2-11(3-6-13)22-16-8-9-18-15-10-12(4-7-14(15)16)23-17(19,20)21/h2-10,19-21H,1H3. The highest BCUT2D eigenvalue weighted by Crippen LogP contribution is 2.31. The number of thioether (sulfide) groups is 1. The zero-order valence-electron chi connectivity index (χ0n) is 12.7. The predicted octanol–water partition coefficient (Wildman–Crippen LogP) is 2.72. The zero-order valence-corrected chi connectivity index (χ0v) is 13.5. The molecule has 0 aliphatic heterocycles. The molecule has 0 atom stereocenters. The number of fused-ring (bicyclic) bond motifs is 1. The number of nitrogens with zero attached hydrogens (tertiary/aromatic N) is 1. The third-order valence-electron chi connectivity index (χ3n) is 3.22. The summed E-state index contributed by atoms with van der Waals surface area (Å²) < 4.78 is 10.5. The van der Waals surface area contributed by atoms with Gasteiger partial charge in [0, 0.05) is 22.5 Å². The van der Waals surface area contributed by atoms with E-state index in [1.165, 1.54) is 12.1 Å². The first-order valence-electron chi connectivity index (χ1n) is 7.01. The van der Waals surface area contributed by atoms with Crippen LogP contribution in [0, 0.1) is 0 Å². The van der Waals surface area contributed by atoms with Crippen molar-refractivity contribution in [3.63, 3.8) is 0 Å². The number of hydrogen-bond donors (Lipinski definition) is 3. The van der Waals surface area contributed by atoms with Gasteiger partial charge in [0.15, 0.2) is 0 Å². The van der Waals surface area contributed by atoms with Crippen molar-refractivity contribution in [2.45, 2.75) is 11.1 Å². The highest BCUT2D eigenvalue weighted by atomic mass is 32.2. The van der Waals surface area contributed by atoms with E-state index in [1.54, 1.807) is 30.1 Å². The Morgan fingerprint density at radius 1 is 0.958 bits per heavy atom. The summed E-state index contributed by atoms with van der Waals surface area (Å²) in [7, 11) is 0. The molecule has 0 aliphatic carbocycles. The summed E-state index contributed by atoms with van der Waals surface area (Å²) in [4.78, 5) is 5.34. The van der Waals surface area contributed by atoms with Crippen LogP contribution in [-0.4, -0.2) is 32.7 Å². The number of aliphatic hydroxyl groups is 3. The van der Waals surface area contributed by atoms with Gasteiger partial charge in [-0.2, -0.15) is 0 Å². The number of rotatable bonds is 5. The molecule has 7 heteroatoms. The van der Waals surface area contributed by atoms with Gasteiger partial charge in [0.2, 0.25) is 0 Å². The van der Waals surface area contributed by atoms with Gasteiger partial charge < -0.3 is 24.8 Å². The van der Waals surface area contributed by atoms with E-state index in [1.807, 2.05) is 30.5 Å². The van der Waals surface area contributed by atoms with Crippen molar-refractivity contribution in [3.05, 3.63) is 54.7 Å². The average Bonchev–Trinajstić information content (AvgIpc) is 2.54. The first-order chi connectivity index (χ1) is 11.4. The van der Waals surface area contributed by atoms with Crippen molar-refractivity contribution in [1.29, 1.82) is 0 Å². The summed E-state index contributed by atoms with van der Waals surface area (Å²) in [5, 5.41) is 27.4. The van der Waals surface area contributed by atoms with Crippen LogP contribution >= 0.6 is 11.8 Å². The summed E-state index contributed by atoms with van der Waals surface area (Å²) in [5.74, 6) is 1.36. The minimum atomic E-state index is -3.24. The van der Waals surface area contributed by atoms with Crippen LogP contribution < -0.4 is 9.47 Å². The van der Waals surface area contributed by atoms with Gasteiger partial charge in [-0.25, -0.2) is 0 Å². The maximum absolute atomic E-state index is 8.88. The molecule has 1 aromatic heterocycles. The normalized spacial score (nSPS) is 11.5. The Morgan fingerprint density at radius 2 is 1.67 bits per heavy atom. The summed E-state index contributed by atoms with van der Waals surface area (Å²) in [6, 6.07) is 14.0. The van der Waals surface area contributed by atoms with E-state index >= 15 is 0 Å². The molecule has 124 valence electrons. The van der Waals surface area contributed by atoms with Gasteiger partial charge in [0.1, 0.15) is 17.2 Å². The van der Waals surface area contributed by atoms with E-state index in [-0.39, 0.29) is 5.75 Å². The first kappa shape index (κ1) is 16.5. The van der Waals surface area contributed by atoms with Crippen molar-refractivity contribution in [3.8, 4) is 17.2 Å². The van der Waals surface area contributed by atoms with Gasteiger partial charge in [0.05, 0.1) is 5.52 Å². The Hall–Kier alpha value is -2.32. The fraction of sp³-hybridized carbons (Fsp3) is 0.118. The molecule has 2 aromatic carbocycles. The Labute approximate surface area is 142 Å². The van der Waals surface area contributed by atoms with E-state index in [9.17, 15) is 0 Å². The lowest BCUT2D eigenvalue weighted by Crippen LogP contribution is -2.34. The van der Waals surface area contributed by atoms with Crippen molar-refractivity contribution >= 4 is 22.7 Å². The Bertz CT molecular complexity index is 846. The maximum Gasteiger partial charge on any atom is 0.453 e. The SMILES string of the molecule is CSc1ccc(Oc2ccnc3cc(OC(O)(O)O)ccc23)cc1. The van der Waals surface area contributed by atoms with Crippen LogP contribution in [0.2, 0.25) is 0 Å². The largest absolute Gasteiger partial charge is 0.457 e. The van der Waals surface area contributed by atoms with E-state index in [4.69, 9.17) is 20.1 Å². The number of pyridine rings is 1. The van der Waals surface area contributed by atoms with Crippen molar-refractivity contribution in [2.75, 3.05) is 6.26 Å². The van der Waals surface area contributed by atoms with Crippen molar-refractivity contribution in [1.82, 2.24) is 4.98 Å². The van der Waals surface area contributed by atoms with Gasteiger partial charge in [-0.1, -0.05) is 0 Å². The smallest absolute Gasteiger partial charge is 0.453 e. The van der Waals surface area contributed by atoms with Gasteiger partial charge in [0.25, 0.3) is 0 Å². The van der Waals surface area contributed by atoms with Gasteiger partial charge >= 0.3 is 6.16 Å². The lowest BCUT2D eigenvalue weighted by atomic mass is 10.2. The van der Waals surface area contributed by atoms with Crippen molar-refractivity contribution in [2.24, 2.45) is 0 Å². The quantitative estimate of drug-likeness (QED) is 0.484. The predicted molar refractivity (Wildman–Crippen MR) is 90.1 cm³/mol. The van der Waals surface area contributed by atoms with Crippen LogP contribution in [-0.2, 0) is 0 Å². The highest BCUT2D eigenvalue weighted by molar-refractivity contribution is 7.98. The molecule has 3 rings (SSSR count). The molecule has 0 bridgehead atoms. The molecule has 3 aromatic rings. The molecule has 24 heavy (non-hydrogen) atoms. The van der Waals surface area contributed by atoms with Crippen molar-refractivity contribution < 1.29 is 24.8 Å². The summed E-state index contributed by atoms with van der Waals surface area (Å²) in [6.45, 7) is 0. The molecule has 0 saturated heterocycles. The molecule has 0 aliphatic rings. The fourth-order valence-electron chi connectivity index (χ4n) is 2.18. The van der Waals surface area contributed by atoms with E-state index in [0.717, 1.165) is 10.3 Å². The van der Waals surface area contributed by atoms with Crippen LogP contribution in [0.1, 0.15) is 0 Å². The minimum Gasteiger partial charge on any atom is -0.457 e. The summed E-state index contributed by atoms with van der Waals surface area (Å²) in [5.41, 5.74) is 0.523. The zero-order chi connectivity index (χ0) is 17.2. The second-order valence-electron chi connectivity index (χ2n) is 4.94. The lowest BCUT2D eigenvalue weighted by molar-refractivity contribution is -0.419. The van der Waals surface area contributed by atoms with E-state index < -0.39 is 6.16 Å². The Kier molecular flexibility index (Phi) is 4.59. The molecule has 0 unspecified atom stereocenters. The van der Waals surface area contributed by atoms with Gasteiger partial charge in [-0.15, -0.1) is 11.8 Å². The monoisotopic (exact) mass is 345 g/mol. The second-order valence-corrected chi connectivity index (χ2v) is 5.82. The van der Waals surface area contributed by atoms with Crippen LogP contribution in [0.25, 0.3) is 10.9 Å². The highest BCUT2D eigenvalue weighted by Gasteiger charge is 2.21. The third kappa shape index (κ3) is 3.95. The van der Waals surface area contributed by atoms with E-state index in [0.29, 0.717) is 17.0 Å². The molecule has 0 amide bonds. The van der Waals surface area contributed by atoms with Crippen LogP contribution in [0.3, 0.4) is 0 Å². The lowest BCUT2D eigenvalue weighted by Gasteiger charge is -2.16. The Balaban J connectivity index is 1.90. The number of aromatic nitrogens is 1. The fourth-order valence-corrected chi connectivity index (χ4v) is 2.59. The molecule has 3 N–H and O–H groups in total. The van der Waals surface area contributed by atoms with Crippen LogP contribution in [0.5, 0.6) is 17.2 Å². The molecule has 0 saturated carbocycles. The average molecular weight is 345 g/mol. The Morgan fingerprint density at radius 3 is 2.33 bits per heavy atom. The van der Waals surface area contributed by atoms with E-state index in [2.05, 4.69) is 9.72 Å². The third-order valence-corrected chi connectivity index (χ3v) is 3.96. The van der Waals surface area contributed by atoms with Gasteiger partial charge in [-0.3, -0.25) is 4.98 Å². The molecular weight excluding hydrogens is 330 g/mol. The molecule has 6 nitrogen and oxygen atoms in total. The second kappa shape index (κ2) is 6.66. The summed E-state index contributed by atoms with van der Waals surface area (Å²) in [6.07, 6.45) is 0.342. The molecule has 0 spiro atoms. The van der Waals surface area contributed by atoms with Gasteiger partial charge in [-0.05, 0) is 48.7 Å². The number of benzene rings is 2. The first-order valence-corrected chi connectivity index (χ1v) is 8.24. The summed E-state index contributed by atoms with van der Waals surface area (Å²) >= 11 is 1.65. The number of ether oxygens (including phenoxy) is 2. The number of hydrogen-bond acceptors (Lipinski definition) is 7. The van der Waals surface area contributed by atoms with Crippen LogP contribution in [0.15, 0.2) is 59.6 Å². The van der Waals surface area contributed by atoms with Crippen LogP contribution in [0.4, 0.5) is 0 Å². The molecule has 1 heterocycles. The molecular formula is C17H15NO5S. The maximum atomic E-state index is 8.88. The molecule has 0 fully saturated rings. The topological polar surface area (TPSA) is 92.0 Å².